The molecule has 0 unspecified atom stereocenters. The van der Waals surface area contributed by atoms with E-state index < -0.39 is 0 Å². The summed E-state index contributed by atoms with van der Waals surface area (Å²) in [5, 5.41) is 7.66. The fourth-order valence-electron chi connectivity index (χ4n) is 4.04. The Balaban J connectivity index is 1.34. The number of rotatable bonds is 5. The molecule has 1 aromatic heterocycles. The van der Waals surface area contributed by atoms with Crippen LogP contribution in [0.15, 0.2) is 36.4 Å². The van der Waals surface area contributed by atoms with E-state index in [9.17, 15) is 4.79 Å². The fraction of sp³-hybridized carbons (Fsp3) is 0.500. The number of benzene rings is 1. The third-order valence-electron chi connectivity index (χ3n) is 5.54. The van der Waals surface area contributed by atoms with Crippen molar-refractivity contribution in [1.82, 2.24) is 9.78 Å². The van der Waals surface area contributed by atoms with Gasteiger partial charge in [-0.05, 0) is 36.7 Å². The van der Waals surface area contributed by atoms with E-state index in [0.717, 1.165) is 17.9 Å². The summed E-state index contributed by atoms with van der Waals surface area (Å²) in [7, 11) is 1.91. The van der Waals surface area contributed by atoms with Gasteiger partial charge in [0.15, 0.2) is 0 Å². The van der Waals surface area contributed by atoms with Gasteiger partial charge in [-0.2, -0.15) is 5.10 Å². The Hall–Kier alpha value is -2.10. The van der Waals surface area contributed by atoms with Gasteiger partial charge >= 0.3 is 0 Å². The molecule has 4 heteroatoms. The minimum Gasteiger partial charge on any atom is -0.311 e. The Morgan fingerprint density at radius 3 is 2.75 bits per heavy atom. The second-order valence-corrected chi connectivity index (χ2v) is 7.32. The predicted molar refractivity (Wildman–Crippen MR) is 95.0 cm³/mol. The smallest absolute Gasteiger partial charge is 0.225 e. The van der Waals surface area contributed by atoms with E-state index in [1.807, 2.05) is 17.8 Å². The van der Waals surface area contributed by atoms with E-state index >= 15 is 0 Å². The Bertz CT molecular complexity index is 716. The molecule has 1 N–H and O–H groups in total. The highest BCUT2D eigenvalue weighted by Crippen LogP contribution is 2.49. The van der Waals surface area contributed by atoms with Crippen LogP contribution in [0.1, 0.15) is 61.6 Å². The third-order valence-corrected chi connectivity index (χ3v) is 5.54. The minimum absolute atomic E-state index is 0.111. The SMILES string of the molecule is Cn1nc(C2CCCC2)cc1NC(=O)C[C@@H]1C[C@H]1c1ccccc1. The lowest BCUT2D eigenvalue weighted by Crippen LogP contribution is -2.14. The highest BCUT2D eigenvalue weighted by Gasteiger charge is 2.39. The van der Waals surface area contributed by atoms with Crippen molar-refractivity contribution < 1.29 is 4.79 Å². The molecule has 0 saturated heterocycles. The van der Waals surface area contributed by atoms with Gasteiger partial charge in [0.25, 0.3) is 0 Å². The Morgan fingerprint density at radius 2 is 2.00 bits per heavy atom. The summed E-state index contributed by atoms with van der Waals surface area (Å²) < 4.78 is 1.81. The van der Waals surface area contributed by atoms with Crippen LogP contribution >= 0.6 is 0 Å². The number of carbonyl (C=O) groups excluding carboxylic acids is 1. The van der Waals surface area contributed by atoms with Crippen LogP contribution in [0.2, 0.25) is 0 Å². The van der Waals surface area contributed by atoms with Crippen LogP contribution in [0.3, 0.4) is 0 Å². The van der Waals surface area contributed by atoms with Crippen molar-refractivity contribution in [2.45, 2.75) is 50.4 Å². The molecule has 0 radical (unpaired) electrons. The number of carbonyl (C=O) groups is 1. The van der Waals surface area contributed by atoms with Crippen LogP contribution in [0.4, 0.5) is 5.82 Å². The molecule has 4 rings (SSSR count). The number of nitrogens with one attached hydrogen (secondary N) is 1. The summed E-state index contributed by atoms with van der Waals surface area (Å²) in [4.78, 5) is 12.4. The molecule has 24 heavy (non-hydrogen) atoms. The maximum atomic E-state index is 12.4. The molecule has 0 bridgehead atoms. The van der Waals surface area contributed by atoms with Gasteiger partial charge in [-0.15, -0.1) is 0 Å². The number of anilines is 1. The summed E-state index contributed by atoms with van der Waals surface area (Å²) >= 11 is 0. The van der Waals surface area contributed by atoms with Crippen LogP contribution in [0.5, 0.6) is 0 Å². The second-order valence-electron chi connectivity index (χ2n) is 7.32. The molecule has 126 valence electrons. The minimum atomic E-state index is 0.111. The van der Waals surface area contributed by atoms with Crippen molar-refractivity contribution in [3.63, 3.8) is 0 Å². The predicted octanol–water partition coefficient (Wildman–Crippen LogP) is 4.21. The Labute approximate surface area is 143 Å². The average Bonchev–Trinajstić information content (AvgIpc) is 2.97. The van der Waals surface area contributed by atoms with Crippen molar-refractivity contribution in [2.24, 2.45) is 13.0 Å². The van der Waals surface area contributed by atoms with Crippen LogP contribution < -0.4 is 5.32 Å². The standard InChI is InChI=1S/C20H25N3O/c1-23-19(13-18(22-23)15-9-5-6-10-15)21-20(24)12-16-11-17(16)14-7-3-2-4-8-14/h2-4,7-8,13,15-17H,5-6,9-12H2,1H3,(H,21,24)/t16-,17-/m0/s1. The zero-order valence-corrected chi connectivity index (χ0v) is 14.2. The van der Waals surface area contributed by atoms with Crippen molar-refractivity contribution >= 4 is 11.7 Å². The van der Waals surface area contributed by atoms with Crippen molar-refractivity contribution in [1.29, 1.82) is 0 Å². The molecule has 1 heterocycles. The van der Waals surface area contributed by atoms with Crippen LogP contribution in [-0.4, -0.2) is 15.7 Å². The molecule has 2 fully saturated rings. The molecule has 1 amide bonds. The average molecular weight is 323 g/mol. The summed E-state index contributed by atoms with van der Waals surface area (Å²) in [6.45, 7) is 0. The number of aromatic nitrogens is 2. The van der Waals surface area contributed by atoms with Crippen molar-refractivity contribution in [3.8, 4) is 0 Å². The van der Waals surface area contributed by atoms with Gasteiger partial charge in [-0.3, -0.25) is 9.48 Å². The highest BCUT2D eigenvalue weighted by molar-refractivity contribution is 5.90. The second kappa shape index (κ2) is 6.42. The summed E-state index contributed by atoms with van der Waals surface area (Å²) in [6.07, 6.45) is 6.77. The van der Waals surface area contributed by atoms with Crippen molar-refractivity contribution in [3.05, 3.63) is 47.7 Å². The largest absolute Gasteiger partial charge is 0.311 e. The number of hydrogen-bond acceptors (Lipinski definition) is 2. The molecule has 0 aliphatic heterocycles. The first kappa shape index (κ1) is 15.4. The lowest BCUT2D eigenvalue weighted by molar-refractivity contribution is -0.116. The first-order valence-corrected chi connectivity index (χ1v) is 9.09. The summed E-state index contributed by atoms with van der Waals surface area (Å²) in [5.41, 5.74) is 2.50. The number of amides is 1. The van der Waals surface area contributed by atoms with Crippen LogP contribution in [-0.2, 0) is 11.8 Å². The maximum Gasteiger partial charge on any atom is 0.225 e. The quantitative estimate of drug-likeness (QED) is 0.896. The van der Waals surface area contributed by atoms with Crippen LogP contribution in [0, 0.1) is 5.92 Å². The van der Waals surface area contributed by atoms with Gasteiger partial charge in [0.05, 0.1) is 5.69 Å². The number of nitrogens with zero attached hydrogens (tertiary/aromatic N) is 2. The van der Waals surface area contributed by atoms with Gasteiger partial charge in [0, 0.05) is 25.5 Å². The molecule has 2 atom stereocenters. The van der Waals surface area contributed by atoms with Crippen molar-refractivity contribution in [2.75, 3.05) is 5.32 Å². The summed E-state index contributed by atoms with van der Waals surface area (Å²) in [5.74, 6) is 2.55. The molecule has 2 aromatic rings. The van der Waals surface area contributed by atoms with Gasteiger partial charge < -0.3 is 5.32 Å². The molecule has 2 saturated carbocycles. The topological polar surface area (TPSA) is 46.9 Å². The van der Waals surface area contributed by atoms with Gasteiger partial charge in [-0.1, -0.05) is 43.2 Å². The molecular formula is C20H25N3O. The van der Waals surface area contributed by atoms with Gasteiger partial charge in [0.1, 0.15) is 5.82 Å². The molecule has 4 nitrogen and oxygen atoms in total. The van der Waals surface area contributed by atoms with Gasteiger partial charge in [0.2, 0.25) is 5.91 Å². The lowest BCUT2D eigenvalue weighted by atomic mass is 10.0. The normalized spacial score (nSPS) is 23.4. The van der Waals surface area contributed by atoms with E-state index in [0.29, 0.717) is 24.2 Å². The molecule has 2 aliphatic rings. The highest BCUT2D eigenvalue weighted by atomic mass is 16.1. The van der Waals surface area contributed by atoms with Crippen LogP contribution in [0.25, 0.3) is 0 Å². The number of aryl methyl sites for hydroxylation is 1. The third kappa shape index (κ3) is 3.23. The first-order valence-electron chi connectivity index (χ1n) is 9.09. The molecule has 2 aliphatic carbocycles. The maximum absolute atomic E-state index is 12.4. The Kier molecular flexibility index (Phi) is 4.13. The Morgan fingerprint density at radius 1 is 1.25 bits per heavy atom. The lowest BCUT2D eigenvalue weighted by Gasteiger charge is -2.05. The molecule has 1 aromatic carbocycles. The van der Waals surface area contributed by atoms with E-state index in [1.54, 1.807) is 0 Å². The fourth-order valence-corrected chi connectivity index (χ4v) is 4.04. The van der Waals surface area contributed by atoms with E-state index in [4.69, 9.17) is 0 Å². The zero-order valence-electron chi connectivity index (χ0n) is 14.2. The van der Waals surface area contributed by atoms with E-state index in [-0.39, 0.29) is 5.91 Å². The summed E-state index contributed by atoms with van der Waals surface area (Å²) in [6, 6.07) is 12.6. The van der Waals surface area contributed by atoms with Gasteiger partial charge in [-0.25, -0.2) is 0 Å². The first-order chi connectivity index (χ1) is 11.7. The zero-order chi connectivity index (χ0) is 16.5. The number of hydrogen-bond donors (Lipinski definition) is 1. The van der Waals surface area contributed by atoms with E-state index in [2.05, 4.69) is 40.7 Å². The molecular weight excluding hydrogens is 298 g/mol. The monoisotopic (exact) mass is 323 g/mol. The molecule has 0 spiro atoms. The van der Waals surface area contributed by atoms with E-state index in [1.165, 1.54) is 31.2 Å².